The number of fused-ring (bicyclic) bond motifs is 1. The highest BCUT2D eigenvalue weighted by Crippen LogP contribution is 2.42. The van der Waals surface area contributed by atoms with Crippen molar-refractivity contribution in [2.75, 3.05) is 12.8 Å². The molecule has 2 fully saturated rings. The van der Waals surface area contributed by atoms with Gasteiger partial charge >= 0.3 is 0 Å². The second-order valence-corrected chi connectivity index (χ2v) is 8.44. The lowest BCUT2D eigenvalue weighted by atomic mass is 9.83. The van der Waals surface area contributed by atoms with Crippen molar-refractivity contribution < 1.29 is 13.2 Å². The van der Waals surface area contributed by atoms with Crippen LogP contribution in [0.4, 0.5) is 0 Å². The second-order valence-electron chi connectivity index (χ2n) is 6.50. The summed E-state index contributed by atoms with van der Waals surface area (Å²) in [5.41, 5.74) is 0.671. The summed E-state index contributed by atoms with van der Waals surface area (Å²) in [4.78, 5) is 14.4. The van der Waals surface area contributed by atoms with Gasteiger partial charge in [0.1, 0.15) is 0 Å². The molecule has 0 aromatic heterocycles. The van der Waals surface area contributed by atoms with Gasteiger partial charge in [0, 0.05) is 25.6 Å². The minimum absolute atomic E-state index is 0.107. The summed E-state index contributed by atoms with van der Waals surface area (Å²) in [5.74, 6) is 0.123. The maximum Gasteiger partial charge on any atom is 0.223 e. The monoisotopic (exact) mass is 322 g/mol. The number of rotatable bonds is 3. The van der Waals surface area contributed by atoms with Crippen molar-refractivity contribution in [3.63, 3.8) is 0 Å². The molecule has 1 aromatic carbocycles. The van der Waals surface area contributed by atoms with Gasteiger partial charge in [0.25, 0.3) is 0 Å². The van der Waals surface area contributed by atoms with Crippen LogP contribution < -0.4 is 0 Å². The van der Waals surface area contributed by atoms with Gasteiger partial charge in [0.15, 0.2) is 0 Å². The van der Waals surface area contributed by atoms with Crippen molar-refractivity contribution in [2.45, 2.75) is 44.3 Å². The van der Waals surface area contributed by atoms with E-state index in [9.17, 15) is 13.2 Å². The third kappa shape index (κ3) is 2.54. The van der Waals surface area contributed by atoms with Gasteiger partial charge in [-0.05, 0) is 25.3 Å². The van der Waals surface area contributed by atoms with E-state index in [1.165, 1.54) is 6.26 Å². The summed E-state index contributed by atoms with van der Waals surface area (Å²) in [6.07, 6.45) is 2.99. The predicted octanol–water partition coefficient (Wildman–Crippen LogP) is 1.60. The average Bonchev–Trinajstić information content (AvgIpc) is 2.81. The molecule has 1 aromatic rings. The van der Waals surface area contributed by atoms with E-state index in [1.54, 1.807) is 4.31 Å². The van der Waals surface area contributed by atoms with Gasteiger partial charge in [0.2, 0.25) is 15.9 Å². The highest BCUT2D eigenvalue weighted by Gasteiger charge is 2.54. The maximum atomic E-state index is 12.5. The van der Waals surface area contributed by atoms with Crippen LogP contribution in [0.1, 0.15) is 31.7 Å². The molecule has 5 nitrogen and oxygen atoms in total. The van der Waals surface area contributed by atoms with Crippen molar-refractivity contribution in [3.05, 3.63) is 35.9 Å². The Balaban J connectivity index is 1.91. The molecule has 2 heterocycles. The van der Waals surface area contributed by atoms with Crippen molar-refractivity contribution in [2.24, 2.45) is 0 Å². The Labute approximate surface area is 132 Å². The molecule has 0 bridgehead atoms. The topological polar surface area (TPSA) is 57.7 Å². The van der Waals surface area contributed by atoms with Gasteiger partial charge in [0.05, 0.1) is 11.8 Å². The number of hydrogen-bond donors (Lipinski definition) is 0. The lowest BCUT2D eigenvalue weighted by molar-refractivity contribution is -0.143. The summed E-state index contributed by atoms with van der Waals surface area (Å²) in [5, 5.41) is 0. The Kier molecular flexibility index (Phi) is 3.77. The summed E-state index contributed by atoms with van der Waals surface area (Å²) >= 11 is 0. The number of nitrogens with zero attached hydrogens (tertiary/aromatic N) is 2. The van der Waals surface area contributed by atoms with E-state index in [0.717, 1.165) is 5.56 Å². The van der Waals surface area contributed by atoms with E-state index < -0.39 is 15.6 Å². The number of piperidine rings is 1. The van der Waals surface area contributed by atoms with Crippen LogP contribution >= 0.6 is 0 Å². The Morgan fingerprint density at radius 1 is 1.27 bits per heavy atom. The van der Waals surface area contributed by atoms with E-state index in [1.807, 2.05) is 42.2 Å². The van der Waals surface area contributed by atoms with Crippen LogP contribution in [-0.2, 0) is 21.4 Å². The minimum Gasteiger partial charge on any atom is -0.331 e. The van der Waals surface area contributed by atoms with Crippen LogP contribution in [0.5, 0.6) is 0 Å². The molecule has 2 aliphatic rings. The van der Waals surface area contributed by atoms with Crippen LogP contribution in [0.3, 0.4) is 0 Å². The molecule has 22 heavy (non-hydrogen) atoms. The fourth-order valence-corrected chi connectivity index (χ4v) is 5.07. The fraction of sp³-hybridized carbons (Fsp3) is 0.562. The highest BCUT2D eigenvalue weighted by atomic mass is 32.2. The summed E-state index contributed by atoms with van der Waals surface area (Å²) in [7, 11) is -3.23. The largest absolute Gasteiger partial charge is 0.331 e. The molecule has 2 saturated heterocycles. The third-order valence-corrected chi connectivity index (χ3v) is 6.35. The first kappa shape index (κ1) is 15.5. The molecule has 0 radical (unpaired) electrons. The van der Waals surface area contributed by atoms with Crippen molar-refractivity contribution in [3.8, 4) is 0 Å². The SMILES string of the molecule is C[C@]12CCN(S(C)(=O)=O)[C@H]1CCC(=O)N2Cc1ccccc1. The molecule has 120 valence electrons. The zero-order valence-electron chi connectivity index (χ0n) is 13.0. The van der Waals surface area contributed by atoms with E-state index in [-0.39, 0.29) is 11.9 Å². The standard InChI is InChI=1S/C16H22N2O3S/c1-16-10-11-18(22(2,20)21)14(16)8-9-15(19)17(16)12-13-6-4-3-5-7-13/h3-7,14H,8-12H2,1-2H3/t14-,16-/m0/s1. The first-order chi connectivity index (χ1) is 10.3. The number of carbonyl (C=O) groups is 1. The molecule has 3 rings (SSSR count). The van der Waals surface area contributed by atoms with E-state index >= 15 is 0 Å². The van der Waals surface area contributed by atoms with Crippen LogP contribution in [-0.4, -0.2) is 47.9 Å². The molecule has 2 aliphatic heterocycles. The fourth-order valence-electron chi connectivity index (χ4n) is 3.85. The van der Waals surface area contributed by atoms with Crippen LogP contribution in [0.15, 0.2) is 30.3 Å². The number of sulfonamides is 1. The maximum absolute atomic E-state index is 12.5. The average molecular weight is 322 g/mol. The van der Waals surface area contributed by atoms with Crippen LogP contribution in [0.25, 0.3) is 0 Å². The molecular formula is C16H22N2O3S. The second kappa shape index (κ2) is 5.35. The van der Waals surface area contributed by atoms with Gasteiger partial charge in [-0.3, -0.25) is 4.79 Å². The quantitative estimate of drug-likeness (QED) is 0.849. The van der Waals surface area contributed by atoms with Crippen molar-refractivity contribution in [1.82, 2.24) is 9.21 Å². The van der Waals surface area contributed by atoms with Gasteiger partial charge in [-0.2, -0.15) is 4.31 Å². The van der Waals surface area contributed by atoms with Gasteiger partial charge in [-0.1, -0.05) is 30.3 Å². The Morgan fingerprint density at radius 3 is 2.59 bits per heavy atom. The summed E-state index contributed by atoms with van der Waals surface area (Å²) < 4.78 is 25.6. The first-order valence-electron chi connectivity index (χ1n) is 7.63. The van der Waals surface area contributed by atoms with E-state index in [4.69, 9.17) is 0 Å². The zero-order valence-corrected chi connectivity index (χ0v) is 13.8. The van der Waals surface area contributed by atoms with E-state index in [2.05, 4.69) is 0 Å². The molecule has 0 saturated carbocycles. The van der Waals surface area contributed by atoms with Gasteiger partial charge in [-0.15, -0.1) is 0 Å². The van der Waals surface area contributed by atoms with Gasteiger partial charge in [-0.25, -0.2) is 8.42 Å². The first-order valence-corrected chi connectivity index (χ1v) is 9.48. The normalized spacial score (nSPS) is 29.6. The summed E-state index contributed by atoms with van der Waals surface area (Å²) in [6, 6.07) is 9.77. The Bertz CT molecular complexity index is 674. The molecule has 0 N–H and O–H groups in total. The Morgan fingerprint density at radius 2 is 1.95 bits per heavy atom. The van der Waals surface area contributed by atoms with E-state index in [0.29, 0.717) is 32.4 Å². The number of likely N-dealkylation sites (tertiary alicyclic amines) is 1. The number of amides is 1. The third-order valence-electron chi connectivity index (χ3n) is 5.06. The molecule has 1 amide bonds. The number of carbonyl (C=O) groups excluding carboxylic acids is 1. The molecular weight excluding hydrogens is 300 g/mol. The van der Waals surface area contributed by atoms with Crippen molar-refractivity contribution >= 4 is 15.9 Å². The Hall–Kier alpha value is -1.40. The summed E-state index contributed by atoms with van der Waals surface area (Å²) in [6.45, 7) is 3.08. The number of benzene rings is 1. The smallest absolute Gasteiger partial charge is 0.223 e. The predicted molar refractivity (Wildman–Crippen MR) is 84.6 cm³/mol. The lowest BCUT2D eigenvalue weighted by Crippen LogP contribution is -2.60. The zero-order chi connectivity index (χ0) is 16.0. The molecule has 0 unspecified atom stereocenters. The molecule has 0 aliphatic carbocycles. The highest BCUT2D eigenvalue weighted by molar-refractivity contribution is 7.88. The lowest BCUT2D eigenvalue weighted by Gasteiger charge is -2.47. The van der Waals surface area contributed by atoms with Crippen LogP contribution in [0, 0.1) is 0 Å². The molecule has 6 heteroatoms. The number of hydrogen-bond acceptors (Lipinski definition) is 3. The van der Waals surface area contributed by atoms with Crippen LogP contribution in [0.2, 0.25) is 0 Å². The minimum atomic E-state index is -3.23. The van der Waals surface area contributed by atoms with Crippen molar-refractivity contribution in [1.29, 1.82) is 0 Å². The molecule has 0 spiro atoms. The molecule has 2 atom stereocenters. The van der Waals surface area contributed by atoms with Gasteiger partial charge < -0.3 is 4.90 Å².